The molecule has 18 heavy (non-hydrogen) atoms. The van der Waals surface area contributed by atoms with E-state index in [-0.39, 0.29) is 17.6 Å². The van der Waals surface area contributed by atoms with E-state index in [0.717, 1.165) is 23.5 Å². The van der Waals surface area contributed by atoms with E-state index >= 15 is 0 Å². The Bertz CT molecular complexity index is 539. The molecule has 0 bridgehead atoms. The number of rotatable bonds is 3. The van der Waals surface area contributed by atoms with Crippen LogP contribution in [0.2, 0.25) is 0 Å². The van der Waals surface area contributed by atoms with Crippen molar-refractivity contribution >= 4 is 11.3 Å². The van der Waals surface area contributed by atoms with Crippen molar-refractivity contribution in [3.05, 3.63) is 40.9 Å². The Morgan fingerprint density at radius 1 is 1.33 bits per heavy atom. The highest BCUT2D eigenvalue weighted by Gasteiger charge is 2.30. The van der Waals surface area contributed by atoms with Gasteiger partial charge in [-0.2, -0.15) is 13.2 Å². The van der Waals surface area contributed by atoms with Gasteiger partial charge in [-0.3, -0.25) is 0 Å². The fraction of sp³-hybridized carbons (Fsp3) is 0.182. The van der Waals surface area contributed by atoms with Crippen molar-refractivity contribution in [3.8, 4) is 10.9 Å². The quantitative estimate of drug-likeness (QED) is 0.933. The van der Waals surface area contributed by atoms with E-state index < -0.39 is 11.7 Å². The molecule has 7 heteroatoms. The molecule has 3 nitrogen and oxygen atoms in total. The summed E-state index contributed by atoms with van der Waals surface area (Å²) in [5.41, 5.74) is -0.360. The van der Waals surface area contributed by atoms with Crippen LogP contribution >= 0.6 is 11.3 Å². The molecule has 1 heterocycles. The number of ether oxygens (including phenoxy) is 1. The van der Waals surface area contributed by atoms with Gasteiger partial charge < -0.3 is 9.84 Å². The van der Waals surface area contributed by atoms with Gasteiger partial charge in [-0.1, -0.05) is 17.4 Å². The SMILES string of the molecule is OCc1csc(Oc2cccc(C(F)(F)F)c2)n1. The fourth-order valence-corrected chi connectivity index (χ4v) is 1.92. The van der Waals surface area contributed by atoms with Gasteiger partial charge in [-0.15, -0.1) is 0 Å². The molecule has 0 aliphatic heterocycles. The summed E-state index contributed by atoms with van der Waals surface area (Å²) < 4.78 is 42.6. The van der Waals surface area contributed by atoms with Crippen LogP contribution in [0, 0.1) is 0 Å². The summed E-state index contributed by atoms with van der Waals surface area (Å²) >= 11 is 1.11. The first-order chi connectivity index (χ1) is 8.49. The predicted molar refractivity (Wildman–Crippen MR) is 59.6 cm³/mol. The summed E-state index contributed by atoms with van der Waals surface area (Å²) in [7, 11) is 0. The zero-order chi connectivity index (χ0) is 13.2. The molecule has 0 spiro atoms. The second-order valence-electron chi connectivity index (χ2n) is 3.39. The molecule has 0 atom stereocenters. The van der Waals surface area contributed by atoms with Gasteiger partial charge in [0.2, 0.25) is 0 Å². The molecule has 0 saturated heterocycles. The van der Waals surface area contributed by atoms with Gasteiger partial charge in [-0.25, -0.2) is 4.98 Å². The lowest BCUT2D eigenvalue weighted by Gasteiger charge is -2.08. The summed E-state index contributed by atoms with van der Waals surface area (Å²) in [6.07, 6.45) is -4.40. The summed E-state index contributed by atoms with van der Waals surface area (Å²) in [6, 6.07) is 4.54. The minimum Gasteiger partial charge on any atom is -0.431 e. The van der Waals surface area contributed by atoms with Crippen LogP contribution in [-0.4, -0.2) is 10.1 Å². The largest absolute Gasteiger partial charge is 0.431 e. The number of aliphatic hydroxyl groups excluding tert-OH is 1. The molecule has 1 aromatic carbocycles. The van der Waals surface area contributed by atoms with E-state index in [1.807, 2.05) is 0 Å². The maximum absolute atomic E-state index is 12.5. The van der Waals surface area contributed by atoms with E-state index in [0.29, 0.717) is 5.69 Å². The Labute approximate surface area is 104 Å². The van der Waals surface area contributed by atoms with Crippen LogP contribution in [-0.2, 0) is 12.8 Å². The van der Waals surface area contributed by atoms with E-state index in [2.05, 4.69) is 4.98 Å². The van der Waals surface area contributed by atoms with E-state index in [9.17, 15) is 13.2 Å². The normalized spacial score (nSPS) is 11.6. The van der Waals surface area contributed by atoms with Gasteiger partial charge in [0, 0.05) is 5.38 Å². The summed E-state index contributed by atoms with van der Waals surface area (Å²) in [6.45, 7) is -0.234. The molecule has 0 unspecified atom stereocenters. The summed E-state index contributed by atoms with van der Waals surface area (Å²) in [5.74, 6) is 0.0589. The Morgan fingerprint density at radius 2 is 2.11 bits per heavy atom. The lowest BCUT2D eigenvalue weighted by atomic mass is 10.2. The van der Waals surface area contributed by atoms with Crippen molar-refractivity contribution in [1.82, 2.24) is 4.98 Å². The van der Waals surface area contributed by atoms with Crippen LogP contribution < -0.4 is 4.74 Å². The van der Waals surface area contributed by atoms with Crippen LogP contribution in [0.5, 0.6) is 10.9 Å². The molecule has 0 saturated carbocycles. The number of aromatic nitrogens is 1. The predicted octanol–water partition coefficient (Wildman–Crippen LogP) is 3.45. The molecule has 2 rings (SSSR count). The highest BCUT2D eigenvalue weighted by Crippen LogP contribution is 2.33. The third-order valence-electron chi connectivity index (χ3n) is 2.06. The van der Waals surface area contributed by atoms with Gasteiger partial charge in [0.15, 0.2) is 0 Å². The van der Waals surface area contributed by atoms with Crippen LogP contribution in [0.3, 0.4) is 0 Å². The lowest BCUT2D eigenvalue weighted by Crippen LogP contribution is -2.04. The number of benzene rings is 1. The third-order valence-corrected chi connectivity index (χ3v) is 2.83. The van der Waals surface area contributed by atoms with Gasteiger partial charge in [0.1, 0.15) is 5.75 Å². The lowest BCUT2D eigenvalue weighted by molar-refractivity contribution is -0.137. The second-order valence-corrected chi connectivity index (χ2v) is 4.21. The zero-order valence-corrected chi connectivity index (χ0v) is 9.76. The summed E-state index contributed by atoms with van der Waals surface area (Å²) in [5, 5.41) is 10.6. The molecule has 1 N–H and O–H groups in total. The zero-order valence-electron chi connectivity index (χ0n) is 8.94. The van der Waals surface area contributed by atoms with Crippen LogP contribution in [0.1, 0.15) is 11.3 Å². The third kappa shape index (κ3) is 2.99. The van der Waals surface area contributed by atoms with Gasteiger partial charge in [0.25, 0.3) is 5.19 Å². The minimum atomic E-state index is -4.40. The van der Waals surface area contributed by atoms with Crippen molar-refractivity contribution in [2.45, 2.75) is 12.8 Å². The van der Waals surface area contributed by atoms with Gasteiger partial charge >= 0.3 is 6.18 Å². The van der Waals surface area contributed by atoms with E-state index in [1.54, 1.807) is 5.38 Å². The first-order valence-electron chi connectivity index (χ1n) is 4.89. The number of halogens is 3. The molecular weight excluding hydrogens is 267 g/mol. The highest BCUT2D eigenvalue weighted by atomic mass is 32.1. The maximum atomic E-state index is 12.5. The molecule has 2 aromatic rings. The average molecular weight is 275 g/mol. The molecule has 0 aliphatic carbocycles. The number of alkyl halides is 3. The first kappa shape index (κ1) is 12.8. The Balaban J connectivity index is 2.19. The summed E-state index contributed by atoms with van der Waals surface area (Å²) in [4.78, 5) is 3.88. The number of hydrogen-bond donors (Lipinski definition) is 1. The molecule has 96 valence electrons. The van der Waals surface area contributed by atoms with Crippen LogP contribution in [0.25, 0.3) is 0 Å². The molecule has 0 amide bonds. The monoisotopic (exact) mass is 275 g/mol. The van der Waals surface area contributed by atoms with Crippen molar-refractivity contribution < 1.29 is 23.0 Å². The smallest absolute Gasteiger partial charge is 0.416 e. The molecule has 0 aliphatic rings. The highest BCUT2D eigenvalue weighted by molar-refractivity contribution is 7.11. The number of aliphatic hydroxyl groups is 1. The Kier molecular flexibility index (Phi) is 3.53. The maximum Gasteiger partial charge on any atom is 0.416 e. The molecule has 1 aromatic heterocycles. The number of thiazole rings is 1. The number of nitrogens with zero attached hydrogens (tertiary/aromatic N) is 1. The second kappa shape index (κ2) is 4.95. The molecule has 0 fully saturated rings. The van der Waals surface area contributed by atoms with Crippen molar-refractivity contribution in [2.24, 2.45) is 0 Å². The van der Waals surface area contributed by atoms with Crippen LogP contribution in [0.15, 0.2) is 29.6 Å². The Morgan fingerprint density at radius 3 is 2.72 bits per heavy atom. The van der Waals surface area contributed by atoms with Crippen molar-refractivity contribution in [2.75, 3.05) is 0 Å². The Hall–Kier alpha value is -1.60. The molecule has 0 radical (unpaired) electrons. The van der Waals surface area contributed by atoms with Crippen molar-refractivity contribution in [1.29, 1.82) is 0 Å². The van der Waals surface area contributed by atoms with Gasteiger partial charge in [0.05, 0.1) is 17.9 Å². The topological polar surface area (TPSA) is 42.4 Å². The van der Waals surface area contributed by atoms with Gasteiger partial charge in [-0.05, 0) is 18.2 Å². The van der Waals surface area contributed by atoms with Crippen molar-refractivity contribution in [3.63, 3.8) is 0 Å². The minimum absolute atomic E-state index is 0.0589. The van der Waals surface area contributed by atoms with E-state index in [4.69, 9.17) is 9.84 Å². The molecular formula is C11H8F3NO2S. The average Bonchev–Trinajstić information content (AvgIpc) is 2.76. The standard InChI is InChI=1S/C11H8F3NO2S/c12-11(13,14)7-2-1-3-9(4-7)17-10-15-8(5-16)6-18-10/h1-4,6,16H,5H2. The fourth-order valence-electron chi connectivity index (χ4n) is 1.24. The van der Waals surface area contributed by atoms with E-state index in [1.165, 1.54) is 12.1 Å². The number of hydrogen-bond acceptors (Lipinski definition) is 4. The van der Waals surface area contributed by atoms with Crippen LogP contribution in [0.4, 0.5) is 13.2 Å². The first-order valence-corrected chi connectivity index (χ1v) is 5.77.